The van der Waals surface area contributed by atoms with E-state index < -0.39 is 0 Å². The van der Waals surface area contributed by atoms with E-state index in [4.69, 9.17) is 0 Å². The zero-order valence-electron chi connectivity index (χ0n) is 10.4. The molecule has 6 nitrogen and oxygen atoms in total. The number of hydrogen-bond acceptors (Lipinski definition) is 3. The van der Waals surface area contributed by atoms with Gasteiger partial charge in [0.15, 0.2) is 0 Å². The van der Waals surface area contributed by atoms with Crippen LogP contribution < -0.4 is 0 Å². The molecule has 1 amide bonds. The van der Waals surface area contributed by atoms with Crippen molar-refractivity contribution < 1.29 is 4.79 Å². The van der Waals surface area contributed by atoms with Gasteiger partial charge in [0.2, 0.25) is 0 Å². The third kappa shape index (κ3) is 2.45. The van der Waals surface area contributed by atoms with Gasteiger partial charge in [0.25, 0.3) is 5.91 Å². The molecule has 0 bridgehead atoms. The fourth-order valence-corrected chi connectivity index (χ4v) is 2.10. The molecule has 2 aromatic heterocycles. The minimum Gasteiger partial charge on any atom is -0.336 e. The number of amides is 1. The molecule has 0 aliphatic rings. The van der Waals surface area contributed by atoms with Crippen LogP contribution in [0.15, 0.2) is 16.9 Å². The lowest BCUT2D eigenvalue weighted by molar-refractivity contribution is 0.0778. The smallest absolute Gasteiger partial charge is 0.273 e. The summed E-state index contributed by atoms with van der Waals surface area (Å²) in [6.45, 7) is 2.45. The summed E-state index contributed by atoms with van der Waals surface area (Å²) in [5.74, 6) is -0.109. The van der Waals surface area contributed by atoms with Crippen LogP contribution in [0.1, 0.15) is 21.7 Å². The molecule has 0 aliphatic heterocycles. The number of aromatic nitrogens is 4. The van der Waals surface area contributed by atoms with Gasteiger partial charge >= 0.3 is 0 Å². The number of H-pyrrole nitrogens is 1. The van der Waals surface area contributed by atoms with Crippen LogP contribution in [0.5, 0.6) is 0 Å². The number of rotatable bonds is 3. The molecule has 0 saturated carbocycles. The number of carbonyl (C=O) groups is 1. The van der Waals surface area contributed by atoms with Crippen molar-refractivity contribution in [2.75, 3.05) is 7.05 Å². The number of carbonyl (C=O) groups excluding carboxylic acids is 1. The van der Waals surface area contributed by atoms with Gasteiger partial charge in [-0.15, -0.1) is 0 Å². The minimum absolute atomic E-state index is 0.109. The Hall–Kier alpha value is -1.63. The Morgan fingerprint density at radius 2 is 2.33 bits per heavy atom. The molecule has 2 rings (SSSR count). The molecule has 2 aromatic rings. The second-order valence-corrected chi connectivity index (χ2v) is 5.02. The SMILES string of the molecule is Cc1nn(C)cc1CN(C)C(=O)c1[nH]ncc1Br. The van der Waals surface area contributed by atoms with E-state index in [0.717, 1.165) is 11.3 Å². The van der Waals surface area contributed by atoms with E-state index >= 15 is 0 Å². The van der Waals surface area contributed by atoms with Crippen molar-refractivity contribution in [1.29, 1.82) is 0 Å². The molecule has 0 aromatic carbocycles. The van der Waals surface area contributed by atoms with E-state index in [9.17, 15) is 4.79 Å². The minimum atomic E-state index is -0.109. The van der Waals surface area contributed by atoms with Crippen LogP contribution in [-0.2, 0) is 13.6 Å². The molecule has 7 heteroatoms. The van der Waals surface area contributed by atoms with Gasteiger partial charge in [0.05, 0.1) is 16.4 Å². The lowest BCUT2D eigenvalue weighted by Gasteiger charge is -2.15. The Kier molecular flexibility index (Phi) is 3.51. The monoisotopic (exact) mass is 311 g/mol. The highest BCUT2D eigenvalue weighted by atomic mass is 79.9. The van der Waals surface area contributed by atoms with Crippen LogP contribution in [0.2, 0.25) is 0 Å². The van der Waals surface area contributed by atoms with Crippen molar-refractivity contribution in [2.45, 2.75) is 13.5 Å². The largest absolute Gasteiger partial charge is 0.336 e. The lowest BCUT2D eigenvalue weighted by Crippen LogP contribution is -2.27. The summed E-state index contributed by atoms with van der Waals surface area (Å²) in [6.07, 6.45) is 3.48. The standard InChI is InChI=1S/C11H14BrN5O/c1-7-8(6-17(3)15-7)5-16(2)11(18)10-9(12)4-13-14-10/h4,6H,5H2,1-3H3,(H,13,14). The first-order valence-electron chi connectivity index (χ1n) is 5.42. The Balaban J connectivity index is 2.13. The van der Waals surface area contributed by atoms with Crippen molar-refractivity contribution >= 4 is 21.8 Å². The summed E-state index contributed by atoms with van der Waals surface area (Å²) in [6, 6.07) is 0. The number of aryl methyl sites for hydroxylation is 2. The molecule has 0 spiro atoms. The van der Waals surface area contributed by atoms with Gasteiger partial charge in [-0.1, -0.05) is 0 Å². The van der Waals surface area contributed by atoms with Gasteiger partial charge in [0.1, 0.15) is 5.69 Å². The lowest BCUT2D eigenvalue weighted by atomic mass is 10.2. The normalized spacial score (nSPS) is 10.7. The first-order chi connectivity index (χ1) is 8.49. The quantitative estimate of drug-likeness (QED) is 0.933. The Morgan fingerprint density at radius 3 is 2.83 bits per heavy atom. The molecule has 0 saturated heterocycles. The predicted octanol–water partition coefficient (Wildman–Crippen LogP) is 1.49. The number of hydrogen-bond donors (Lipinski definition) is 1. The third-order valence-electron chi connectivity index (χ3n) is 2.68. The summed E-state index contributed by atoms with van der Waals surface area (Å²) < 4.78 is 2.41. The van der Waals surface area contributed by atoms with Crippen LogP contribution in [-0.4, -0.2) is 37.8 Å². The number of halogens is 1. The van der Waals surface area contributed by atoms with E-state index in [0.29, 0.717) is 16.7 Å². The van der Waals surface area contributed by atoms with Crippen LogP contribution >= 0.6 is 15.9 Å². The molecule has 0 radical (unpaired) electrons. The Labute approximate surface area is 113 Å². The fraction of sp³-hybridized carbons (Fsp3) is 0.364. The van der Waals surface area contributed by atoms with Crippen LogP contribution in [0.25, 0.3) is 0 Å². The zero-order chi connectivity index (χ0) is 13.3. The maximum absolute atomic E-state index is 12.1. The van der Waals surface area contributed by atoms with Crippen molar-refractivity contribution in [1.82, 2.24) is 24.9 Å². The molecular formula is C11H14BrN5O. The van der Waals surface area contributed by atoms with E-state index in [1.807, 2.05) is 20.2 Å². The molecule has 18 heavy (non-hydrogen) atoms. The van der Waals surface area contributed by atoms with E-state index in [-0.39, 0.29) is 5.91 Å². The maximum Gasteiger partial charge on any atom is 0.273 e. The highest BCUT2D eigenvalue weighted by molar-refractivity contribution is 9.10. The van der Waals surface area contributed by atoms with Gasteiger partial charge in [0, 0.05) is 32.4 Å². The summed E-state index contributed by atoms with van der Waals surface area (Å²) in [5, 5.41) is 10.8. The van der Waals surface area contributed by atoms with Crippen LogP contribution in [0.3, 0.4) is 0 Å². The van der Waals surface area contributed by atoms with Crippen molar-refractivity contribution in [3.63, 3.8) is 0 Å². The molecule has 0 fully saturated rings. The molecule has 96 valence electrons. The molecule has 0 atom stereocenters. The van der Waals surface area contributed by atoms with Gasteiger partial charge in [-0.2, -0.15) is 10.2 Å². The van der Waals surface area contributed by atoms with Crippen molar-refractivity contribution in [2.24, 2.45) is 7.05 Å². The molecule has 0 unspecified atom stereocenters. The summed E-state index contributed by atoms with van der Waals surface area (Å²) in [4.78, 5) is 13.8. The fourth-order valence-electron chi connectivity index (χ4n) is 1.74. The molecule has 1 N–H and O–H groups in total. The van der Waals surface area contributed by atoms with Gasteiger partial charge in [-0.05, 0) is 22.9 Å². The molecular weight excluding hydrogens is 298 g/mol. The highest BCUT2D eigenvalue weighted by Gasteiger charge is 2.18. The number of nitrogens with zero attached hydrogens (tertiary/aromatic N) is 4. The molecule has 0 aliphatic carbocycles. The number of nitrogens with one attached hydrogen (secondary N) is 1. The first kappa shape index (κ1) is 12.8. The zero-order valence-corrected chi connectivity index (χ0v) is 12.0. The summed E-state index contributed by atoms with van der Waals surface area (Å²) in [7, 11) is 3.62. The van der Waals surface area contributed by atoms with Gasteiger partial charge in [-0.25, -0.2) is 0 Å². The van der Waals surface area contributed by atoms with E-state index in [2.05, 4.69) is 31.2 Å². The summed E-state index contributed by atoms with van der Waals surface area (Å²) >= 11 is 3.28. The third-order valence-corrected chi connectivity index (χ3v) is 3.28. The van der Waals surface area contributed by atoms with E-state index in [1.165, 1.54) is 0 Å². The first-order valence-corrected chi connectivity index (χ1v) is 6.21. The van der Waals surface area contributed by atoms with Gasteiger partial charge < -0.3 is 4.90 Å². The second-order valence-electron chi connectivity index (χ2n) is 4.17. The highest BCUT2D eigenvalue weighted by Crippen LogP contribution is 2.16. The van der Waals surface area contributed by atoms with Gasteiger partial charge in [-0.3, -0.25) is 14.6 Å². The summed E-state index contributed by atoms with van der Waals surface area (Å²) in [5.41, 5.74) is 2.42. The average molecular weight is 312 g/mol. The maximum atomic E-state index is 12.1. The topological polar surface area (TPSA) is 66.8 Å². The second kappa shape index (κ2) is 4.93. The van der Waals surface area contributed by atoms with Crippen molar-refractivity contribution in [3.8, 4) is 0 Å². The van der Waals surface area contributed by atoms with Crippen LogP contribution in [0, 0.1) is 6.92 Å². The van der Waals surface area contributed by atoms with Crippen molar-refractivity contribution in [3.05, 3.63) is 33.8 Å². The van der Waals surface area contributed by atoms with E-state index in [1.54, 1.807) is 22.8 Å². The number of aromatic amines is 1. The Bertz CT molecular complexity index is 574. The van der Waals surface area contributed by atoms with Crippen LogP contribution in [0.4, 0.5) is 0 Å². The molecule has 2 heterocycles. The predicted molar refractivity (Wildman–Crippen MR) is 70.0 cm³/mol. The average Bonchev–Trinajstić information content (AvgIpc) is 2.85. The Morgan fingerprint density at radius 1 is 1.61 bits per heavy atom.